The van der Waals surface area contributed by atoms with Crippen molar-refractivity contribution in [3.05, 3.63) is 131 Å². The van der Waals surface area contributed by atoms with Gasteiger partial charge in [0.25, 0.3) is 0 Å². The molecule has 0 aromatic heterocycles. The highest BCUT2D eigenvalue weighted by Crippen LogP contribution is 2.33. The number of hydrogen-bond donors (Lipinski definition) is 0. The zero-order chi connectivity index (χ0) is 19.3. The zero-order valence-corrected chi connectivity index (χ0v) is 16.4. The maximum Gasteiger partial charge on any atom is -0.00762 e. The van der Waals surface area contributed by atoms with Crippen molar-refractivity contribution in [3.63, 3.8) is 0 Å². The molecule has 28 heavy (non-hydrogen) atoms. The van der Waals surface area contributed by atoms with Crippen molar-refractivity contribution in [1.29, 1.82) is 0 Å². The molecule has 0 aliphatic carbocycles. The molecule has 0 heterocycles. The van der Waals surface area contributed by atoms with Crippen LogP contribution in [0.5, 0.6) is 0 Å². The fourth-order valence-electron chi connectivity index (χ4n) is 3.61. The third kappa shape index (κ3) is 3.82. The van der Waals surface area contributed by atoms with Crippen molar-refractivity contribution in [1.82, 2.24) is 0 Å². The Morgan fingerprint density at radius 3 is 1.43 bits per heavy atom. The highest BCUT2D eigenvalue weighted by atomic mass is 14.1. The van der Waals surface area contributed by atoms with Crippen molar-refractivity contribution in [2.75, 3.05) is 0 Å². The van der Waals surface area contributed by atoms with Gasteiger partial charge in [-0.25, -0.2) is 0 Å². The lowest BCUT2D eigenvalue weighted by Crippen LogP contribution is -1.93. The second kappa shape index (κ2) is 8.10. The number of allylic oxidation sites excluding steroid dienone is 1. The number of hydrogen-bond acceptors (Lipinski definition) is 0. The van der Waals surface area contributed by atoms with Crippen molar-refractivity contribution in [2.45, 2.75) is 13.8 Å². The van der Waals surface area contributed by atoms with Gasteiger partial charge in [-0.05, 0) is 52.8 Å². The lowest BCUT2D eigenvalue weighted by Gasteiger charge is -2.15. The van der Waals surface area contributed by atoms with Gasteiger partial charge in [-0.1, -0.05) is 115 Å². The van der Waals surface area contributed by atoms with Gasteiger partial charge in [0.2, 0.25) is 0 Å². The first-order chi connectivity index (χ1) is 13.7. The molecule has 0 atom stereocenters. The molecule has 4 aromatic carbocycles. The molecule has 0 fully saturated rings. The van der Waals surface area contributed by atoms with E-state index < -0.39 is 0 Å². The molecule has 0 nitrogen and oxygen atoms in total. The molecule has 0 unspecified atom stereocenters. The predicted octanol–water partition coefficient (Wildman–Crippen LogP) is 7.64. The summed E-state index contributed by atoms with van der Waals surface area (Å²) < 4.78 is 0. The SMILES string of the molecule is CC(=C(c1ccccc1)c1ccc(-c2ccc(C)cc2)cc1)c1ccccc1. The summed E-state index contributed by atoms with van der Waals surface area (Å²) in [6, 6.07) is 38.9. The van der Waals surface area contributed by atoms with E-state index in [0.29, 0.717) is 0 Å². The smallest absolute Gasteiger partial charge is 0.00762 e. The molecular formula is C28H24. The van der Waals surface area contributed by atoms with Gasteiger partial charge in [-0.3, -0.25) is 0 Å². The fraction of sp³-hybridized carbons (Fsp3) is 0.0714. The number of benzene rings is 4. The Bertz CT molecular complexity index is 1070. The van der Waals surface area contributed by atoms with E-state index in [4.69, 9.17) is 0 Å². The lowest BCUT2D eigenvalue weighted by atomic mass is 9.89. The average Bonchev–Trinajstić information content (AvgIpc) is 2.76. The summed E-state index contributed by atoms with van der Waals surface area (Å²) in [5.74, 6) is 0. The van der Waals surface area contributed by atoms with Gasteiger partial charge < -0.3 is 0 Å². The summed E-state index contributed by atoms with van der Waals surface area (Å²) in [5, 5.41) is 0. The average molecular weight is 360 g/mol. The van der Waals surface area contributed by atoms with E-state index in [1.54, 1.807) is 0 Å². The van der Waals surface area contributed by atoms with Crippen LogP contribution < -0.4 is 0 Å². The normalized spacial score (nSPS) is 11.8. The van der Waals surface area contributed by atoms with Crippen LogP contribution in [0.15, 0.2) is 109 Å². The second-order valence-corrected chi connectivity index (χ2v) is 7.18. The third-order valence-electron chi connectivity index (χ3n) is 5.20. The van der Waals surface area contributed by atoms with Crippen LogP contribution >= 0.6 is 0 Å². The van der Waals surface area contributed by atoms with Crippen LogP contribution in [-0.4, -0.2) is 0 Å². The van der Waals surface area contributed by atoms with E-state index in [2.05, 4.69) is 123 Å². The van der Waals surface area contributed by atoms with Gasteiger partial charge in [-0.2, -0.15) is 0 Å². The summed E-state index contributed by atoms with van der Waals surface area (Å²) in [6.45, 7) is 4.34. The van der Waals surface area contributed by atoms with Crippen LogP contribution in [0, 0.1) is 6.92 Å². The Morgan fingerprint density at radius 2 is 0.893 bits per heavy atom. The Morgan fingerprint density at radius 1 is 0.464 bits per heavy atom. The predicted molar refractivity (Wildman–Crippen MR) is 121 cm³/mol. The number of aryl methyl sites for hydroxylation is 1. The van der Waals surface area contributed by atoms with Crippen molar-refractivity contribution >= 4 is 11.1 Å². The van der Waals surface area contributed by atoms with E-state index in [9.17, 15) is 0 Å². The van der Waals surface area contributed by atoms with Crippen molar-refractivity contribution in [3.8, 4) is 11.1 Å². The van der Waals surface area contributed by atoms with Gasteiger partial charge in [0.05, 0.1) is 0 Å². The van der Waals surface area contributed by atoms with Gasteiger partial charge in [0.1, 0.15) is 0 Å². The first-order valence-corrected chi connectivity index (χ1v) is 9.71. The van der Waals surface area contributed by atoms with Crippen LogP contribution in [0.2, 0.25) is 0 Å². The summed E-state index contributed by atoms with van der Waals surface area (Å²) in [5.41, 5.74) is 10.1. The van der Waals surface area contributed by atoms with E-state index in [1.807, 2.05) is 0 Å². The van der Waals surface area contributed by atoms with E-state index in [0.717, 1.165) is 0 Å². The summed E-state index contributed by atoms with van der Waals surface area (Å²) in [4.78, 5) is 0. The maximum absolute atomic E-state index is 2.24. The molecule has 0 saturated heterocycles. The second-order valence-electron chi connectivity index (χ2n) is 7.18. The minimum absolute atomic E-state index is 1.24. The lowest BCUT2D eigenvalue weighted by molar-refractivity contribution is 1.46. The molecular weight excluding hydrogens is 336 g/mol. The molecule has 0 aliphatic rings. The third-order valence-corrected chi connectivity index (χ3v) is 5.20. The molecule has 0 N–H and O–H groups in total. The molecule has 0 aliphatic heterocycles. The molecule has 0 spiro atoms. The molecule has 0 heteroatoms. The standard InChI is InChI=1S/C28H24/c1-21-13-15-24(16-14-21)25-17-19-27(20-18-25)28(26-11-7-4-8-12-26)22(2)23-9-5-3-6-10-23/h3-20H,1-2H3. The van der Waals surface area contributed by atoms with Crippen molar-refractivity contribution in [2.24, 2.45) is 0 Å². The van der Waals surface area contributed by atoms with Crippen LogP contribution in [0.4, 0.5) is 0 Å². The van der Waals surface area contributed by atoms with Gasteiger partial charge in [-0.15, -0.1) is 0 Å². The molecule has 136 valence electrons. The van der Waals surface area contributed by atoms with E-state index in [-0.39, 0.29) is 0 Å². The highest BCUT2D eigenvalue weighted by molar-refractivity contribution is 5.98. The van der Waals surface area contributed by atoms with Crippen LogP contribution in [0.3, 0.4) is 0 Å². The van der Waals surface area contributed by atoms with Gasteiger partial charge in [0.15, 0.2) is 0 Å². The molecule has 0 bridgehead atoms. The van der Waals surface area contributed by atoms with Crippen LogP contribution in [0.25, 0.3) is 22.3 Å². The molecule has 0 amide bonds. The van der Waals surface area contributed by atoms with Gasteiger partial charge >= 0.3 is 0 Å². The molecule has 4 aromatic rings. The Labute approximate surface area is 167 Å². The monoisotopic (exact) mass is 360 g/mol. The largest absolute Gasteiger partial charge is 0.0622 e. The minimum Gasteiger partial charge on any atom is -0.0622 e. The first kappa shape index (κ1) is 18.0. The molecule has 0 radical (unpaired) electrons. The number of rotatable bonds is 4. The Balaban J connectivity index is 1.80. The van der Waals surface area contributed by atoms with Crippen LogP contribution in [-0.2, 0) is 0 Å². The summed E-state index contributed by atoms with van der Waals surface area (Å²) in [6.07, 6.45) is 0. The summed E-state index contributed by atoms with van der Waals surface area (Å²) >= 11 is 0. The Kier molecular flexibility index (Phi) is 5.21. The quantitative estimate of drug-likeness (QED) is 0.328. The molecule has 4 rings (SSSR count). The summed E-state index contributed by atoms with van der Waals surface area (Å²) in [7, 11) is 0. The fourth-order valence-corrected chi connectivity index (χ4v) is 3.61. The first-order valence-electron chi connectivity index (χ1n) is 9.71. The van der Waals surface area contributed by atoms with Gasteiger partial charge in [0, 0.05) is 0 Å². The topological polar surface area (TPSA) is 0 Å². The zero-order valence-electron chi connectivity index (χ0n) is 16.4. The maximum atomic E-state index is 2.24. The molecule has 0 saturated carbocycles. The van der Waals surface area contributed by atoms with E-state index >= 15 is 0 Å². The highest BCUT2D eigenvalue weighted by Gasteiger charge is 2.11. The Hall–Kier alpha value is -3.38. The van der Waals surface area contributed by atoms with Crippen LogP contribution in [0.1, 0.15) is 29.2 Å². The minimum atomic E-state index is 1.24. The van der Waals surface area contributed by atoms with E-state index in [1.165, 1.54) is 44.5 Å². The van der Waals surface area contributed by atoms with Crippen molar-refractivity contribution < 1.29 is 0 Å².